The van der Waals surface area contributed by atoms with Gasteiger partial charge in [0.1, 0.15) is 11.3 Å². The van der Waals surface area contributed by atoms with E-state index in [2.05, 4.69) is 4.90 Å². The van der Waals surface area contributed by atoms with Gasteiger partial charge in [-0.2, -0.15) is 0 Å². The van der Waals surface area contributed by atoms with Gasteiger partial charge in [0.05, 0.1) is 23.7 Å². The number of fused-ring (bicyclic) bond motifs is 2. The monoisotopic (exact) mass is 376 g/mol. The number of furan rings is 1. The first-order chi connectivity index (χ1) is 13.6. The lowest BCUT2D eigenvalue weighted by Gasteiger charge is -2.18. The fourth-order valence-electron chi connectivity index (χ4n) is 3.35. The zero-order valence-electron chi connectivity index (χ0n) is 16.3. The summed E-state index contributed by atoms with van der Waals surface area (Å²) in [7, 11) is 5.72. The van der Waals surface area contributed by atoms with Crippen molar-refractivity contribution >= 4 is 21.9 Å². The maximum absolute atomic E-state index is 6.55. The molecule has 2 aromatic carbocycles. The van der Waals surface area contributed by atoms with Crippen LogP contribution < -0.4 is 10.5 Å². The van der Waals surface area contributed by atoms with Crippen LogP contribution in [0.25, 0.3) is 33.5 Å². The van der Waals surface area contributed by atoms with Crippen molar-refractivity contribution in [2.75, 3.05) is 27.7 Å². The molecular weight excluding hydrogens is 352 g/mol. The summed E-state index contributed by atoms with van der Waals surface area (Å²) in [5.74, 6) is 1.89. The molecule has 2 aromatic heterocycles. The van der Waals surface area contributed by atoms with Crippen molar-refractivity contribution in [1.29, 1.82) is 0 Å². The summed E-state index contributed by atoms with van der Waals surface area (Å²) < 4.78 is 11.6. The Balaban J connectivity index is 1.88. The fourth-order valence-corrected chi connectivity index (χ4v) is 3.35. The van der Waals surface area contributed by atoms with Gasteiger partial charge in [-0.15, -0.1) is 0 Å². The molecule has 4 rings (SSSR count). The SMILES string of the molecule is COc1cccc2nc(-c3cc4ccccc4o3)nc(C(N)CCN(C)C)c12. The molecule has 4 aromatic rings. The summed E-state index contributed by atoms with van der Waals surface area (Å²) >= 11 is 0. The summed E-state index contributed by atoms with van der Waals surface area (Å²) in [6.07, 6.45) is 0.775. The third kappa shape index (κ3) is 3.44. The van der Waals surface area contributed by atoms with Crippen LogP contribution in [0, 0.1) is 0 Å². The number of nitrogens with two attached hydrogens (primary N) is 1. The van der Waals surface area contributed by atoms with Gasteiger partial charge in [-0.1, -0.05) is 24.3 Å². The molecule has 6 heteroatoms. The Labute approximate surface area is 163 Å². The first-order valence-corrected chi connectivity index (χ1v) is 9.30. The molecule has 0 fully saturated rings. The molecule has 1 atom stereocenters. The summed E-state index contributed by atoms with van der Waals surface area (Å²) in [5, 5.41) is 1.88. The number of aromatic nitrogens is 2. The molecule has 6 nitrogen and oxygen atoms in total. The van der Waals surface area contributed by atoms with Crippen molar-refractivity contribution in [1.82, 2.24) is 14.9 Å². The quantitative estimate of drug-likeness (QED) is 0.548. The van der Waals surface area contributed by atoms with Crippen LogP contribution in [0.5, 0.6) is 5.75 Å². The van der Waals surface area contributed by atoms with Gasteiger partial charge in [-0.05, 0) is 51.3 Å². The standard InChI is InChI=1S/C22H24N4O2/c1-26(2)12-11-15(23)21-20-16(8-6-10-18(20)27-3)24-22(25-21)19-13-14-7-4-5-9-17(14)28-19/h4-10,13,15H,11-12,23H2,1-3H3. The Morgan fingerprint density at radius 2 is 1.93 bits per heavy atom. The summed E-state index contributed by atoms with van der Waals surface area (Å²) in [6.45, 7) is 0.863. The molecule has 2 N–H and O–H groups in total. The second-order valence-corrected chi connectivity index (χ2v) is 7.13. The van der Waals surface area contributed by atoms with E-state index in [0.717, 1.165) is 46.3 Å². The molecule has 0 spiro atoms. The van der Waals surface area contributed by atoms with E-state index in [0.29, 0.717) is 11.6 Å². The largest absolute Gasteiger partial charge is 0.496 e. The maximum Gasteiger partial charge on any atom is 0.196 e. The number of benzene rings is 2. The molecule has 1 unspecified atom stereocenters. The van der Waals surface area contributed by atoms with Crippen LogP contribution in [0.3, 0.4) is 0 Å². The van der Waals surface area contributed by atoms with E-state index in [4.69, 9.17) is 24.9 Å². The number of rotatable bonds is 6. The van der Waals surface area contributed by atoms with Crippen molar-refractivity contribution in [3.8, 4) is 17.3 Å². The Kier molecular flexibility index (Phi) is 4.98. The minimum Gasteiger partial charge on any atom is -0.496 e. The molecule has 0 saturated heterocycles. The third-order valence-electron chi connectivity index (χ3n) is 4.82. The average molecular weight is 376 g/mol. The number of para-hydroxylation sites is 1. The van der Waals surface area contributed by atoms with E-state index in [1.807, 2.05) is 62.6 Å². The average Bonchev–Trinajstić information content (AvgIpc) is 3.15. The van der Waals surface area contributed by atoms with Crippen LogP contribution in [-0.4, -0.2) is 42.6 Å². The van der Waals surface area contributed by atoms with Crippen molar-refractivity contribution in [3.63, 3.8) is 0 Å². The predicted molar refractivity (Wildman–Crippen MR) is 111 cm³/mol. The highest BCUT2D eigenvalue weighted by Gasteiger charge is 2.20. The minimum atomic E-state index is -0.243. The number of ether oxygens (including phenoxy) is 1. The highest BCUT2D eigenvalue weighted by atomic mass is 16.5. The molecule has 144 valence electrons. The molecule has 0 bridgehead atoms. The summed E-state index contributed by atoms with van der Waals surface area (Å²) in [4.78, 5) is 11.7. The van der Waals surface area contributed by atoms with Crippen LogP contribution in [0.2, 0.25) is 0 Å². The summed E-state index contributed by atoms with van der Waals surface area (Å²) in [5.41, 5.74) is 8.93. The number of methoxy groups -OCH3 is 1. The smallest absolute Gasteiger partial charge is 0.196 e. The highest BCUT2D eigenvalue weighted by molar-refractivity contribution is 5.89. The molecule has 0 aliphatic heterocycles. The van der Waals surface area contributed by atoms with Crippen LogP contribution >= 0.6 is 0 Å². The van der Waals surface area contributed by atoms with Gasteiger partial charge in [0.2, 0.25) is 0 Å². The van der Waals surface area contributed by atoms with Gasteiger partial charge in [-0.3, -0.25) is 0 Å². The first kappa shape index (κ1) is 18.4. The Morgan fingerprint density at radius 1 is 1.11 bits per heavy atom. The number of hydrogen-bond acceptors (Lipinski definition) is 6. The minimum absolute atomic E-state index is 0.243. The molecule has 0 saturated carbocycles. The van der Waals surface area contributed by atoms with Crippen molar-refractivity contribution < 1.29 is 9.15 Å². The van der Waals surface area contributed by atoms with Gasteiger partial charge in [-0.25, -0.2) is 9.97 Å². The van der Waals surface area contributed by atoms with E-state index < -0.39 is 0 Å². The van der Waals surface area contributed by atoms with E-state index >= 15 is 0 Å². The van der Waals surface area contributed by atoms with E-state index in [1.165, 1.54) is 0 Å². The van der Waals surface area contributed by atoms with Gasteiger partial charge in [0, 0.05) is 11.4 Å². The zero-order chi connectivity index (χ0) is 19.7. The Bertz CT molecular complexity index is 1090. The summed E-state index contributed by atoms with van der Waals surface area (Å²) in [6, 6.07) is 15.4. The second-order valence-electron chi connectivity index (χ2n) is 7.13. The van der Waals surface area contributed by atoms with Crippen molar-refractivity contribution in [2.24, 2.45) is 5.73 Å². The number of hydrogen-bond donors (Lipinski definition) is 1. The van der Waals surface area contributed by atoms with E-state index in [-0.39, 0.29) is 6.04 Å². The molecule has 0 aliphatic carbocycles. The van der Waals surface area contributed by atoms with Gasteiger partial charge in [0.15, 0.2) is 11.6 Å². The van der Waals surface area contributed by atoms with Crippen LogP contribution in [-0.2, 0) is 0 Å². The Hall–Kier alpha value is -2.96. The molecule has 0 aliphatic rings. The maximum atomic E-state index is 6.55. The van der Waals surface area contributed by atoms with E-state index in [9.17, 15) is 0 Å². The molecule has 2 heterocycles. The van der Waals surface area contributed by atoms with Crippen LogP contribution in [0.4, 0.5) is 0 Å². The molecule has 0 radical (unpaired) electrons. The second kappa shape index (κ2) is 7.58. The molecule has 0 amide bonds. The Morgan fingerprint density at radius 3 is 2.68 bits per heavy atom. The predicted octanol–water partition coefficient (Wildman–Crippen LogP) is 4.00. The van der Waals surface area contributed by atoms with Gasteiger partial charge in [0.25, 0.3) is 0 Å². The topological polar surface area (TPSA) is 77.4 Å². The lowest BCUT2D eigenvalue weighted by atomic mass is 10.0. The lowest BCUT2D eigenvalue weighted by molar-refractivity contribution is 0.381. The third-order valence-corrected chi connectivity index (χ3v) is 4.82. The first-order valence-electron chi connectivity index (χ1n) is 9.30. The fraction of sp³-hybridized carbons (Fsp3) is 0.273. The molecular formula is C22H24N4O2. The van der Waals surface area contributed by atoms with Gasteiger partial charge >= 0.3 is 0 Å². The van der Waals surface area contributed by atoms with Gasteiger partial charge < -0.3 is 19.8 Å². The normalized spacial score (nSPS) is 12.8. The van der Waals surface area contributed by atoms with Crippen LogP contribution in [0.15, 0.2) is 52.9 Å². The van der Waals surface area contributed by atoms with Crippen molar-refractivity contribution in [3.05, 3.63) is 54.2 Å². The zero-order valence-corrected chi connectivity index (χ0v) is 16.3. The van der Waals surface area contributed by atoms with Crippen molar-refractivity contribution in [2.45, 2.75) is 12.5 Å². The molecule has 28 heavy (non-hydrogen) atoms. The van der Waals surface area contributed by atoms with E-state index in [1.54, 1.807) is 7.11 Å². The number of nitrogens with zero attached hydrogens (tertiary/aromatic N) is 3. The highest BCUT2D eigenvalue weighted by Crippen LogP contribution is 2.34. The lowest BCUT2D eigenvalue weighted by Crippen LogP contribution is -2.21. The van der Waals surface area contributed by atoms with Crippen LogP contribution in [0.1, 0.15) is 18.2 Å².